The largest absolute Gasteiger partial charge is 0.383 e. The predicted molar refractivity (Wildman–Crippen MR) is 58.5 cm³/mol. The van der Waals surface area contributed by atoms with E-state index in [1.165, 1.54) is 8.61 Å². The van der Waals surface area contributed by atoms with Crippen LogP contribution < -0.4 is 0 Å². The van der Waals surface area contributed by atoms with Crippen molar-refractivity contribution >= 4 is 10.2 Å². The molecule has 1 saturated heterocycles. The van der Waals surface area contributed by atoms with E-state index in [-0.39, 0.29) is 0 Å². The van der Waals surface area contributed by atoms with E-state index in [2.05, 4.69) is 6.42 Å². The second-order valence-corrected chi connectivity index (χ2v) is 5.62. The van der Waals surface area contributed by atoms with Crippen molar-refractivity contribution < 1.29 is 13.2 Å². The standard InChI is InChI=1S/C9H19N2O3S/c1-10(8-9-14-2)15(12,13)11-6-4-3-5-7-11/h3H,4-9H2,1-2H3. The lowest BCUT2D eigenvalue weighted by atomic mass is 10.2. The number of rotatable bonds is 5. The van der Waals surface area contributed by atoms with Crippen LogP contribution in [0.25, 0.3) is 0 Å². The summed E-state index contributed by atoms with van der Waals surface area (Å²) in [6.07, 6.45) is 3.82. The van der Waals surface area contributed by atoms with Crippen LogP contribution in [0.4, 0.5) is 0 Å². The fourth-order valence-electron chi connectivity index (χ4n) is 1.49. The Labute approximate surface area is 92.2 Å². The lowest BCUT2D eigenvalue weighted by Crippen LogP contribution is -2.45. The summed E-state index contributed by atoms with van der Waals surface area (Å²) in [6, 6.07) is 0. The molecule has 0 bridgehead atoms. The molecule has 0 amide bonds. The van der Waals surface area contributed by atoms with Gasteiger partial charge in [0.1, 0.15) is 0 Å². The molecule has 1 aliphatic heterocycles. The molecule has 0 aliphatic carbocycles. The highest BCUT2D eigenvalue weighted by atomic mass is 32.2. The van der Waals surface area contributed by atoms with Crippen LogP contribution >= 0.6 is 0 Å². The molecule has 1 rings (SSSR count). The molecule has 1 fully saturated rings. The molecular weight excluding hydrogens is 216 g/mol. The Balaban J connectivity index is 2.55. The maximum atomic E-state index is 12.0. The smallest absolute Gasteiger partial charge is 0.281 e. The van der Waals surface area contributed by atoms with Crippen molar-refractivity contribution in [2.45, 2.75) is 12.8 Å². The number of hydrogen-bond donors (Lipinski definition) is 0. The number of methoxy groups -OCH3 is 1. The number of nitrogens with zero attached hydrogens (tertiary/aromatic N) is 2. The quantitative estimate of drug-likeness (QED) is 0.679. The van der Waals surface area contributed by atoms with E-state index in [9.17, 15) is 8.42 Å². The Morgan fingerprint density at radius 2 is 2.00 bits per heavy atom. The van der Waals surface area contributed by atoms with Gasteiger partial charge in [0.05, 0.1) is 6.61 Å². The Kier molecular flexibility index (Phi) is 4.98. The van der Waals surface area contributed by atoms with Crippen LogP contribution in [0, 0.1) is 6.42 Å². The molecule has 6 heteroatoms. The van der Waals surface area contributed by atoms with Gasteiger partial charge >= 0.3 is 0 Å². The maximum absolute atomic E-state index is 12.0. The lowest BCUT2D eigenvalue weighted by molar-refractivity contribution is 0.182. The van der Waals surface area contributed by atoms with Crippen LogP contribution in [-0.2, 0) is 14.9 Å². The summed E-state index contributed by atoms with van der Waals surface area (Å²) in [6.45, 7) is 2.02. The zero-order chi connectivity index (χ0) is 11.3. The normalized spacial score (nSPS) is 19.7. The van der Waals surface area contributed by atoms with Gasteiger partial charge in [-0.3, -0.25) is 0 Å². The van der Waals surface area contributed by atoms with E-state index >= 15 is 0 Å². The van der Waals surface area contributed by atoms with Crippen molar-refractivity contribution in [1.29, 1.82) is 0 Å². The third-order valence-electron chi connectivity index (χ3n) is 2.50. The van der Waals surface area contributed by atoms with Gasteiger partial charge in [-0.15, -0.1) is 0 Å². The zero-order valence-electron chi connectivity index (χ0n) is 9.35. The van der Waals surface area contributed by atoms with Crippen LogP contribution in [0.1, 0.15) is 12.8 Å². The van der Waals surface area contributed by atoms with Crippen molar-refractivity contribution in [2.75, 3.05) is 40.4 Å². The summed E-state index contributed by atoms with van der Waals surface area (Å²) in [5.74, 6) is 0. The monoisotopic (exact) mass is 235 g/mol. The molecule has 0 saturated carbocycles. The number of piperidine rings is 1. The molecule has 0 atom stereocenters. The first-order chi connectivity index (χ1) is 7.09. The Bertz CT molecular complexity index is 273. The zero-order valence-corrected chi connectivity index (χ0v) is 10.2. The first-order valence-corrected chi connectivity index (χ1v) is 6.50. The van der Waals surface area contributed by atoms with Crippen molar-refractivity contribution in [2.24, 2.45) is 0 Å². The van der Waals surface area contributed by atoms with Crippen LogP contribution in [0.3, 0.4) is 0 Å². The SMILES string of the molecule is COCCN(C)S(=O)(=O)N1CC[CH]CC1. The molecule has 0 N–H and O–H groups in total. The minimum absolute atomic E-state index is 0.402. The van der Waals surface area contributed by atoms with E-state index in [0.717, 1.165) is 12.8 Å². The summed E-state index contributed by atoms with van der Waals surface area (Å²) >= 11 is 0. The van der Waals surface area contributed by atoms with Crippen molar-refractivity contribution in [3.05, 3.63) is 6.42 Å². The van der Waals surface area contributed by atoms with E-state index in [0.29, 0.717) is 26.2 Å². The average Bonchev–Trinajstić information content (AvgIpc) is 2.27. The fraction of sp³-hybridized carbons (Fsp3) is 0.889. The van der Waals surface area contributed by atoms with E-state index in [4.69, 9.17) is 4.74 Å². The molecule has 0 aromatic carbocycles. The van der Waals surface area contributed by atoms with Crippen molar-refractivity contribution in [1.82, 2.24) is 8.61 Å². The van der Waals surface area contributed by atoms with Crippen LogP contribution in [-0.4, -0.2) is 57.4 Å². The fourth-order valence-corrected chi connectivity index (χ4v) is 2.86. The molecule has 1 aliphatic rings. The molecular formula is C9H19N2O3S. The third-order valence-corrected chi connectivity index (χ3v) is 4.48. The highest BCUT2D eigenvalue weighted by molar-refractivity contribution is 7.86. The summed E-state index contributed by atoms with van der Waals surface area (Å²) in [5.41, 5.74) is 0. The lowest BCUT2D eigenvalue weighted by Gasteiger charge is -2.29. The number of ether oxygens (including phenoxy) is 1. The average molecular weight is 235 g/mol. The van der Waals surface area contributed by atoms with Gasteiger partial charge in [-0.2, -0.15) is 17.0 Å². The van der Waals surface area contributed by atoms with Gasteiger partial charge in [0.25, 0.3) is 10.2 Å². The van der Waals surface area contributed by atoms with Gasteiger partial charge in [0.2, 0.25) is 0 Å². The summed E-state index contributed by atoms with van der Waals surface area (Å²) < 4.78 is 31.7. The van der Waals surface area contributed by atoms with E-state index < -0.39 is 10.2 Å². The van der Waals surface area contributed by atoms with Gasteiger partial charge < -0.3 is 4.74 Å². The van der Waals surface area contributed by atoms with E-state index in [1.807, 2.05) is 0 Å². The van der Waals surface area contributed by atoms with Crippen LogP contribution in [0.2, 0.25) is 0 Å². The predicted octanol–water partition coefficient (Wildman–Crippen LogP) is 0.109. The Morgan fingerprint density at radius 1 is 1.40 bits per heavy atom. The Morgan fingerprint density at radius 3 is 2.53 bits per heavy atom. The van der Waals surface area contributed by atoms with Crippen molar-refractivity contribution in [3.8, 4) is 0 Å². The van der Waals surface area contributed by atoms with Crippen LogP contribution in [0.5, 0.6) is 0 Å². The molecule has 0 spiro atoms. The summed E-state index contributed by atoms with van der Waals surface area (Å²) in [5, 5.41) is 0. The number of hydrogen-bond acceptors (Lipinski definition) is 3. The van der Waals surface area contributed by atoms with Gasteiger partial charge in [-0.25, -0.2) is 0 Å². The molecule has 0 unspecified atom stereocenters. The molecule has 15 heavy (non-hydrogen) atoms. The molecule has 1 radical (unpaired) electrons. The highest BCUT2D eigenvalue weighted by Gasteiger charge is 2.27. The van der Waals surface area contributed by atoms with E-state index in [1.54, 1.807) is 14.2 Å². The minimum Gasteiger partial charge on any atom is -0.383 e. The first kappa shape index (κ1) is 12.9. The minimum atomic E-state index is -3.27. The van der Waals surface area contributed by atoms with Crippen molar-refractivity contribution in [3.63, 3.8) is 0 Å². The Hall–Kier alpha value is -0.170. The van der Waals surface area contributed by atoms with Gasteiger partial charge in [0.15, 0.2) is 0 Å². The molecule has 0 aromatic rings. The van der Waals surface area contributed by atoms with Gasteiger partial charge in [-0.1, -0.05) is 0 Å². The molecule has 89 valence electrons. The van der Waals surface area contributed by atoms with Crippen LogP contribution in [0.15, 0.2) is 0 Å². The second-order valence-electron chi connectivity index (χ2n) is 3.59. The second kappa shape index (κ2) is 5.79. The van der Waals surface area contributed by atoms with Gasteiger partial charge in [0, 0.05) is 33.8 Å². The molecule has 5 nitrogen and oxygen atoms in total. The highest BCUT2D eigenvalue weighted by Crippen LogP contribution is 2.14. The third kappa shape index (κ3) is 3.41. The molecule has 0 aromatic heterocycles. The number of likely N-dealkylation sites (N-methyl/N-ethyl adjacent to an activating group) is 1. The summed E-state index contributed by atoms with van der Waals surface area (Å²) in [7, 11) is -0.112. The molecule has 1 heterocycles. The summed E-state index contributed by atoms with van der Waals surface area (Å²) in [4.78, 5) is 0. The topological polar surface area (TPSA) is 49.9 Å². The van der Waals surface area contributed by atoms with Gasteiger partial charge in [-0.05, 0) is 19.3 Å². The maximum Gasteiger partial charge on any atom is 0.281 e. The first-order valence-electron chi connectivity index (χ1n) is 5.11.